The lowest BCUT2D eigenvalue weighted by atomic mass is 10.1. The van der Waals surface area contributed by atoms with Crippen molar-refractivity contribution in [1.29, 1.82) is 0 Å². The zero-order chi connectivity index (χ0) is 18.8. The zero-order valence-corrected chi connectivity index (χ0v) is 14.7. The van der Waals surface area contributed by atoms with Crippen molar-refractivity contribution in [2.75, 3.05) is 4.72 Å². The molecule has 5 nitrogen and oxygen atoms in total. The van der Waals surface area contributed by atoms with Crippen molar-refractivity contribution in [1.82, 2.24) is 5.32 Å². The van der Waals surface area contributed by atoms with Crippen LogP contribution in [0.3, 0.4) is 0 Å². The summed E-state index contributed by atoms with van der Waals surface area (Å²) in [6, 6.07) is 7.84. The van der Waals surface area contributed by atoms with Crippen molar-refractivity contribution < 1.29 is 22.0 Å². The van der Waals surface area contributed by atoms with Gasteiger partial charge in [0.05, 0.1) is 10.6 Å². The normalized spacial score (nSPS) is 11.9. The van der Waals surface area contributed by atoms with Crippen LogP contribution in [0.4, 0.5) is 14.5 Å². The molecule has 2 aromatic rings. The summed E-state index contributed by atoms with van der Waals surface area (Å²) < 4.78 is 53.4. The smallest absolute Gasteiger partial charge is 0.262 e. The summed E-state index contributed by atoms with van der Waals surface area (Å²) in [6.45, 7) is 5.39. The highest BCUT2D eigenvalue weighted by Crippen LogP contribution is 2.20. The molecular formula is C17H18F2N2O3S. The van der Waals surface area contributed by atoms with E-state index in [0.29, 0.717) is 6.07 Å². The highest BCUT2D eigenvalue weighted by Gasteiger charge is 2.20. The molecule has 0 radical (unpaired) electrons. The van der Waals surface area contributed by atoms with Crippen LogP contribution in [0.15, 0.2) is 47.4 Å². The lowest BCUT2D eigenvalue weighted by molar-refractivity contribution is 0.0919. The molecule has 0 aliphatic heterocycles. The van der Waals surface area contributed by atoms with E-state index in [4.69, 9.17) is 0 Å². The van der Waals surface area contributed by atoms with Crippen molar-refractivity contribution in [2.45, 2.75) is 31.2 Å². The first-order valence-electron chi connectivity index (χ1n) is 7.38. The molecule has 0 aliphatic rings. The van der Waals surface area contributed by atoms with Crippen LogP contribution < -0.4 is 10.0 Å². The molecule has 25 heavy (non-hydrogen) atoms. The number of halogens is 2. The number of hydrogen-bond donors (Lipinski definition) is 2. The maximum atomic E-state index is 13.7. The van der Waals surface area contributed by atoms with E-state index < -0.39 is 33.1 Å². The van der Waals surface area contributed by atoms with Crippen molar-refractivity contribution in [3.63, 3.8) is 0 Å². The quantitative estimate of drug-likeness (QED) is 0.870. The molecule has 0 unspecified atom stereocenters. The molecule has 8 heteroatoms. The topological polar surface area (TPSA) is 75.3 Å². The third-order valence-electron chi connectivity index (χ3n) is 3.07. The number of hydrogen-bond acceptors (Lipinski definition) is 3. The van der Waals surface area contributed by atoms with Crippen LogP contribution in [0.25, 0.3) is 0 Å². The number of nitrogens with one attached hydrogen (secondary N) is 2. The van der Waals surface area contributed by atoms with Gasteiger partial charge in [0.25, 0.3) is 15.9 Å². The summed E-state index contributed by atoms with van der Waals surface area (Å²) >= 11 is 0. The molecule has 0 spiro atoms. The standard InChI is InChI=1S/C17H18F2N2O3S/c1-17(2,3)20-16(22)11-5-4-6-13(9-11)25(23,24)21-15-8-7-12(18)10-14(15)19/h4-10,21H,1-3H3,(H,20,22). The third-order valence-corrected chi connectivity index (χ3v) is 4.43. The molecule has 0 fully saturated rings. The summed E-state index contributed by atoms with van der Waals surface area (Å²) in [5.74, 6) is -2.29. The highest BCUT2D eigenvalue weighted by atomic mass is 32.2. The number of sulfonamides is 1. The van der Waals surface area contributed by atoms with E-state index in [0.717, 1.165) is 12.1 Å². The Balaban J connectivity index is 2.31. The molecule has 2 N–H and O–H groups in total. The maximum absolute atomic E-state index is 13.7. The minimum Gasteiger partial charge on any atom is -0.347 e. The summed E-state index contributed by atoms with van der Waals surface area (Å²) in [6.07, 6.45) is 0. The molecule has 0 saturated heterocycles. The number of carbonyl (C=O) groups is 1. The first-order valence-corrected chi connectivity index (χ1v) is 8.87. The Morgan fingerprint density at radius 2 is 1.72 bits per heavy atom. The molecular weight excluding hydrogens is 350 g/mol. The second kappa shape index (κ2) is 6.79. The van der Waals surface area contributed by atoms with Gasteiger partial charge in [-0.05, 0) is 51.1 Å². The number of amides is 1. The largest absolute Gasteiger partial charge is 0.347 e. The lowest BCUT2D eigenvalue weighted by Gasteiger charge is -2.20. The van der Waals surface area contributed by atoms with E-state index in [1.54, 1.807) is 20.8 Å². The molecule has 0 aromatic heterocycles. The minimum atomic E-state index is -4.14. The lowest BCUT2D eigenvalue weighted by Crippen LogP contribution is -2.40. The fraction of sp³-hybridized carbons (Fsp3) is 0.235. The number of rotatable bonds is 4. The first kappa shape index (κ1) is 18.9. The first-order chi connectivity index (χ1) is 11.5. The Bertz CT molecular complexity index is 906. The average molecular weight is 368 g/mol. The Kier molecular flexibility index (Phi) is 5.12. The molecule has 0 saturated carbocycles. The SMILES string of the molecule is CC(C)(C)NC(=O)c1cccc(S(=O)(=O)Nc2ccc(F)cc2F)c1. The summed E-state index contributed by atoms with van der Waals surface area (Å²) in [5, 5.41) is 2.72. The summed E-state index contributed by atoms with van der Waals surface area (Å²) in [7, 11) is -4.14. The van der Waals surface area contributed by atoms with Gasteiger partial charge in [0.1, 0.15) is 11.6 Å². The molecule has 2 rings (SSSR count). The summed E-state index contributed by atoms with van der Waals surface area (Å²) in [5.41, 5.74) is -0.718. The molecule has 134 valence electrons. The van der Waals surface area contributed by atoms with E-state index in [2.05, 4.69) is 5.32 Å². The van der Waals surface area contributed by atoms with E-state index in [-0.39, 0.29) is 16.1 Å². The Morgan fingerprint density at radius 1 is 1.04 bits per heavy atom. The minimum absolute atomic E-state index is 0.150. The Morgan fingerprint density at radius 3 is 2.32 bits per heavy atom. The molecule has 0 aliphatic carbocycles. The van der Waals surface area contributed by atoms with Crippen LogP contribution in [0, 0.1) is 11.6 Å². The molecule has 0 heterocycles. The van der Waals surface area contributed by atoms with Gasteiger partial charge < -0.3 is 5.32 Å². The van der Waals surface area contributed by atoms with Crippen molar-refractivity contribution in [3.8, 4) is 0 Å². The van der Waals surface area contributed by atoms with Crippen LogP contribution in [0.2, 0.25) is 0 Å². The van der Waals surface area contributed by atoms with E-state index in [1.807, 2.05) is 4.72 Å². The van der Waals surface area contributed by atoms with Gasteiger partial charge in [-0.2, -0.15) is 0 Å². The van der Waals surface area contributed by atoms with Crippen LogP contribution in [0.5, 0.6) is 0 Å². The van der Waals surface area contributed by atoms with Gasteiger partial charge in [-0.1, -0.05) is 6.07 Å². The monoisotopic (exact) mass is 368 g/mol. The van der Waals surface area contributed by atoms with Crippen molar-refractivity contribution >= 4 is 21.6 Å². The van der Waals surface area contributed by atoms with Gasteiger partial charge in [0.2, 0.25) is 0 Å². The van der Waals surface area contributed by atoms with Crippen LogP contribution in [-0.4, -0.2) is 19.9 Å². The van der Waals surface area contributed by atoms with E-state index >= 15 is 0 Å². The highest BCUT2D eigenvalue weighted by molar-refractivity contribution is 7.92. The Labute approximate surface area is 145 Å². The van der Waals surface area contributed by atoms with Gasteiger partial charge in [-0.25, -0.2) is 17.2 Å². The second-order valence-electron chi connectivity index (χ2n) is 6.46. The van der Waals surface area contributed by atoms with Crippen LogP contribution in [-0.2, 0) is 10.0 Å². The van der Waals surface area contributed by atoms with Gasteiger partial charge in [0, 0.05) is 17.2 Å². The molecule has 2 aromatic carbocycles. The second-order valence-corrected chi connectivity index (χ2v) is 8.14. The van der Waals surface area contributed by atoms with Crippen LogP contribution in [0.1, 0.15) is 31.1 Å². The van der Waals surface area contributed by atoms with E-state index in [1.165, 1.54) is 24.3 Å². The number of benzene rings is 2. The van der Waals surface area contributed by atoms with Gasteiger partial charge in [-0.3, -0.25) is 9.52 Å². The molecule has 0 bridgehead atoms. The van der Waals surface area contributed by atoms with Crippen LogP contribution >= 0.6 is 0 Å². The van der Waals surface area contributed by atoms with Crippen molar-refractivity contribution in [3.05, 3.63) is 59.7 Å². The Hall–Kier alpha value is -2.48. The predicted octanol–water partition coefficient (Wildman–Crippen LogP) is 3.29. The molecule has 0 atom stereocenters. The zero-order valence-electron chi connectivity index (χ0n) is 13.9. The summed E-state index contributed by atoms with van der Waals surface area (Å²) in [4.78, 5) is 12.0. The van der Waals surface area contributed by atoms with E-state index in [9.17, 15) is 22.0 Å². The van der Waals surface area contributed by atoms with Crippen molar-refractivity contribution in [2.24, 2.45) is 0 Å². The van der Waals surface area contributed by atoms with Gasteiger partial charge in [0.15, 0.2) is 0 Å². The predicted molar refractivity (Wildman–Crippen MR) is 90.8 cm³/mol. The third kappa shape index (κ3) is 4.99. The fourth-order valence-electron chi connectivity index (χ4n) is 1.99. The van der Waals surface area contributed by atoms with Gasteiger partial charge in [-0.15, -0.1) is 0 Å². The number of anilines is 1. The van der Waals surface area contributed by atoms with Gasteiger partial charge >= 0.3 is 0 Å². The maximum Gasteiger partial charge on any atom is 0.262 e. The average Bonchev–Trinajstić information content (AvgIpc) is 2.48. The molecule has 1 amide bonds. The number of carbonyl (C=O) groups excluding carboxylic acids is 1. The fourth-order valence-corrected chi connectivity index (χ4v) is 3.11.